The Hall–Kier alpha value is -1.82. The molecule has 3 aromatic rings. The first kappa shape index (κ1) is 18.5. The average Bonchev–Trinajstić information content (AvgIpc) is 2.72. The van der Waals surface area contributed by atoms with Crippen molar-refractivity contribution in [3.05, 3.63) is 59.7 Å². The predicted molar refractivity (Wildman–Crippen MR) is 120 cm³/mol. The van der Waals surface area contributed by atoms with Gasteiger partial charge in [-0.1, -0.05) is 107 Å². The molecule has 3 aromatic carbocycles. The summed E-state index contributed by atoms with van der Waals surface area (Å²) in [6, 6.07) is 18.3. The number of hydrogen-bond acceptors (Lipinski definition) is 0. The van der Waals surface area contributed by atoms with Crippen LogP contribution in [0.5, 0.6) is 0 Å². The van der Waals surface area contributed by atoms with Crippen LogP contribution in [-0.2, 0) is 12.8 Å². The molecule has 0 heteroatoms. The molecule has 0 heterocycles. The minimum absolute atomic E-state index is 0.908. The van der Waals surface area contributed by atoms with Crippen molar-refractivity contribution in [1.82, 2.24) is 0 Å². The maximum Gasteiger partial charge on any atom is -0.0102 e. The van der Waals surface area contributed by atoms with Crippen LogP contribution in [0.3, 0.4) is 0 Å². The van der Waals surface area contributed by atoms with Gasteiger partial charge in [0.2, 0.25) is 0 Å². The number of benzene rings is 3. The zero-order valence-corrected chi connectivity index (χ0v) is 17.0. The quantitative estimate of drug-likeness (QED) is 0.281. The average molecular weight is 359 g/mol. The molecule has 0 radical (unpaired) electrons. The number of fused-ring (bicyclic) bond motifs is 5. The minimum atomic E-state index is 0.908. The Morgan fingerprint density at radius 3 is 2.41 bits per heavy atom. The smallest absolute Gasteiger partial charge is 0.0102 e. The van der Waals surface area contributed by atoms with E-state index in [1.807, 2.05) is 0 Å². The fourth-order valence-corrected chi connectivity index (χ4v) is 5.08. The van der Waals surface area contributed by atoms with Crippen LogP contribution in [-0.4, -0.2) is 0 Å². The summed E-state index contributed by atoms with van der Waals surface area (Å²) in [7, 11) is 0. The van der Waals surface area contributed by atoms with Crippen LogP contribution in [0.2, 0.25) is 0 Å². The number of aryl methyl sites for hydroxylation is 1. The van der Waals surface area contributed by atoms with E-state index < -0.39 is 0 Å². The Labute approximate surface area is 165 Å². The Kier molecular flexibility index (Phi) is 6.12. The van der Waals surface area contributed by atoms with Gasteiger partial charge in [0.1, 0.15) is 0 Å². The standard InChI is InChI=1S/C27H34/c1-2-3-4-5-6-7-8-11-21-14-17-25-23(20-21)16-19-26-24-13-10-9-12-22(24)15-18-27(25)26/h9-10,12-13,15-16,18-19,21H,2-8,11,14,17,20H2,1H3. The third-order valence-electron chi connectivity index (χ3n) is 6.66. The fourth-order valence-electron chi connectivity index (χ4n) is 5.08. The van der Waals surface area contributed by atoms with E-state index in [0.717, 1.165) is 5.92 Å². The lowest BCUT2D eigenvalue weighted by Gasteiger charge is -2.26. The summed E-state index contributed by atoms with van der Waals surface area (Å²) in [6.45, 7) is 2.30. The van der Waals surface area contributed by atoms with E-state index in [1.54, 1.807) is 11.1 Å². The molecular weight excluding hydrogens is 324 g/mol. The lowest BCUT2D eigenvalue weighted by Crippen LogP contribution is -2.14. The van der Waals surface area contributed by atoms with Crippen molar-refractivity contribution >= 4 is 21.5 Å². The van der Waals surface area contributed by atoms with E-state index in [-0.39, 0.29) is 0 Å². The number of rotatable bonds is 8. The highest BCUT2D eigenvalue weighted by Crippen LogP contribution is 2.36. The highest BCUT2D eigenvalue weighted by Gasteiger charge is 2.20. The largest absolute Gasteiger partial charge is 0.0654 e. The van der Waals surface area contributed by atoms with E-state index in [1.165, 1.54) is 92.2 Å². The van der Waals surface area contributed by atoms with Gasteiger partial charge < -0.3 is 0 Å². The van der Waals surface area contributed by atoms with Crippen molar-refractivity contribution in [2.24, 2.45) is 5.92 Å². The fraction of sp³-hybridized carbons (Fsp3) is 0.481. The van der Waals surface area contributed by atoms with E-state index >= 15 is 0 Å². The second-order valence-corrected chi connectivity index (χ2v) is 8.60. The predicted octanol–water partition coefficient (Wildman–Crippen LogP) is 8.24. The molecule has 0 aliphatic heterocycles. The SMILES string of the molecule is CCCCCCCCCC1CCc2c(ccc3c2ccc2ccccc23)C1. The zero-order chi connectivity index (χ0) is 18.5. The molecular formula is C27H34. The van der Waals surface area contributed by atoms with Gasteiger partial charge in [-0.2, -0.15) is 0 Å². The molecule has 0 amide bonds. The van der Waals surface area contributed by atoms with Gasteiger partial charge in [0.15, 0.2) is 0 Å². The van der Waals surface area contributed by atoms with Gasteiger partial charge in [0.05, 0.1) is 0 Å². The Bertz CT molecular complexity index is 889. The normalized spacial score (nSPS) is 16.7. The van der Waals surface area contributed by atoms with Gasteiger partial charge in [-0.15, -0.1) is 0 Å². The van der Waals surface area contributed by atoms with Crippen molar-refractivity contribution in [3.8, 4) is 0 Å². The first-order valence-electron chi connectivity index (χ1n) is 11.3. The Morgan fingerprint density at radius 2 is 1.52 bits per heavy atom. The van der Waals surface area contributed by atoms with E-state index in [2.05, 4.69) is 55.5 Å². The molecule has 1 atom stereocenters. The molecule has 27 heavy (non-hydrogen) atoms. The van der Waals surface area contributed by atoms with Crippen LogP contribution in [0.15, 0.2) is 48.5 Å². The van der Waals surface area contributed by atoms with Gasteiger partial charge >= 0.3 is 0 Å². The summed E-state index contributed by atoms with van der Waals surface area (Å²) in [5.41, 5.74) is 3.26. The maximum absolute atomic E-state index is 2.43. The molecule has 1 aliphatic carbocycles. The van der Waals surface area contributed by atoms with E-state index in [4.69, 9.17) is 0 Å². The first-order chi connectivity index (χ1) is 13.4. The molecule has 0 aromatic heterocycles. The highest BCUT2D eigenvalue weighted by atomic mass is 14.2. The summed E-state index contributed by atoms with van der Waals surface area (Å²) in [5.74, 6) is 0.908. The summed E-state index contributed by atoms with van der Waals surface area (Å²) in [4.78, 5) is 0. The third-order valence-corrected chi connectivity index (χ3v) is 6.66. The maximum atomic E-state index is 2.43. The van der Waals surface area contributed by atoms with E-state index in [0.29, 0.717) is 0 Å². The molecule has 0 fully saturated rings. The van der Waals surface area contributed by atoms with Gasteiger partial charge in [-0.05, 0) is 57.9 Å². The molecule has 0 bridgehead atoms. The lowest BCUT2D eigenvalue weighted by atomic mass is 9.79. The summed E-state index contributed by atoms with van der Waals surface area (Å²) >= 11 is 0. The van der Waals surface area contributed by atoms with Crippen LogP contribution >= 0.6 is 0 Å². The molecule has 0 nitrogen and oxygen atoms in total. The van der Waals surface area contributed by atoms with Crippen LogP contribution < -0.4 is 0 Å². The van der Waals surface area contributed by atoms with Gasteiger partial charge in [0, 0.05) is 0 Å². The molecule has 4 rings (SSSR count). The van der Waals surface area contributed by atoms with Crippen molar-refractivity contribution in [3.63, 3.8) is 0 Å². The molecule has 0 saturated heterocycles. The molecule has 142 valence electrons. The Morgan fingerprint density at radius 1 is 0.741 bits per heavy atom. The first-order valence-corrected chi connectivity index (χ1v) is 11.3. The van der Waals surface area contributed by atoms with Crippen LogP contribution in [0, 0.1) is 5.92 Å². The summed E-state index contributed by atoms with van der Waals surface area (Å²) < 4.78 is 0. The van der Waals surface area contributed by atoms with Crippen molar-refractivity contribution < 1.29 is 0 Å². The summed E-state index contributed by atoms with van der Waals surface area (Å²) in [6.07, 6.45) is 15.4. The topological polar surface area (TPSA) is 0 Å². The lowest BCUT2D eigenvalue weighted by molar-refractivity contribution is 0.405. The molecule has 1 unspecified atom stereocenters. The molecule has 0 saturated carbocycles. The van der Waals surface area contributed by atoms with Crippen LogP contribution in [0.1, 0.15) is 75.8 Å². The third kappa shape index (κ3) is 4.21. The van der Waals surface area contributed by atoms with Crippen LogP contribution in [0.25, 0.3) is 21.5 Å². The monoisotopic (exact) mass is 358 g/mol. The Balaban J connectivity index is 1.40. The second kappa shape index (κ2) is 8.91. The van der Waals surface area contributed by atoms with Gasteiger partial charge in [0.25, 0.3) is 0 Å². The zero-order valence-electron chi connectivity index (χ0n) is 17.0. The molecule has 0 N–H and O–H groups in total. The van der Waals surface area contributed by atoms with E-state index in [9.17, 15) is 0 Å². The van der Waals surface area contributed by atoms with Crippen molar-refractivity contribution in [2.45, 2.75) is 77.6 Å². The highest BCUT2D eigenvalue weighted by molar-refractivity contribution is 6.08. The summed E-state index contributed by atoms with van der Waals surface area (Å²) in [5, 5.41) is 5.71. The van der Waals surface area contributed by atoms with Gasteiger partial charge in [-0.3, -0.25) is 0 Å². The molecule has 0 spiro atoms. The minimum Gasteiger partial charge on any atom is -0.0654 e. The van der Waals surface area contributed by atoms with Crippen molar-refractivity contribution in [2.75, 3.05) is 0 Å². The van der Waals surface area contributed by atoms with Gasteiger partial charge in [-0.25, -0.2) is 0 Å². The number of hydrogen-bond donors (Lipinski definition) is 0. The second-order valence-electron chi connectivity index (χ2n) is 8.60. The van der Waals surface area contributed by atoms with Crippen LogP contribution in [0.4, 0.5) is 0 Å². The number of unbranched alkanes of at least 4 members (excludes halogenated alkanes) is 6. The molecule has 1 aliphatic rings. The van der Waals surface area contributed by atoms with Crippen molar-refractivity contribution in [1.29, 1.82) is 0 Å².